The molecule has 1 amide bonds. The van der Waals surface area contributed by atoms with Crippen LogP contribution in [0, 0.1) is 25.2 Å². The molecule has 2 heterocycles. The first-order valence-corrected chi connectivity index (χ1v) is 9.33. The highest BCUT2D eigenvalue weighted by molar-refractivity contribution is 7.09. The molecule has 27 heavy (non-hydrogen) atoms. The second-order valence-electron chi connectivity index (χ2n) is 6.10. The Morgan fingerprint density at radius 3 is 2.78 bits per heavy atom. The second kappa shape index (κ2) is 9.14. The maximum absolute atomic E-state index is 12.1. The number of aromatic nitrogens is 1. The van der Waals surface area contributed by atoms with E-state index in [1.807, 2.05) is 23.6 Å². The van der Waals surface area contributed by atoms with Gasteiger partial charge in [0.25, 0.3) is 11.5 Å². The Hall–Kier alpha value is -2.92. The number of esters is 1. The number of ether oxygens (including phenoxy) is 1. The van der Waals surface area contributed by atoms with E-state index < -0.39 is 17.6 Å². The Morgan fingerprint density at radius 2 is 2.15 bits per heavy atom. The van der Waals surface area contributed by atoms with Crippen LogP contribution in [0.5, 0.6) is 0 Å². The molecular formula is C19H21N3O4S. The molecule has 1 atom stereocenters. The van der Waals surface area contributed by atoms with Crippen LogP contribution >= 0.6 is 11.3 Å². The largest absolute Gasteiger partial charge is 0.453 e. The molecule has 7 nitrogen and oxygen atoms in total. The van der Waals surface area contributed by atoms with Gasteiger partial charge in [0.15, 0.2) is 6.10 Å². The van der Waals surface area contributed by atoms with Crippen molar-refractivity contribution in [1.29, 1.82) is 5.26 Å². The lowest BCUT2D eigenvalue weighted by atomic mass is 9.99. The smallest absolute Gasteiger partial charge is 0.306 e. The number of nitrogens with one attached hydrogen (secondary N) is 2. The molecule has 0 bridgehead atoms. The average Bonchev–Trinajstić information content (AvgIpc) is 3.12. The maximum atomic E-state index is 12.1. The highest BCUT2D eigenvalue weighted by atomic mass is 32.1. The number of H-pyrrole nitrogens is 1. The second-order valence-corrected chi connectivity index (χ2v) is 7.13. The molecule has 0 saturated carbocycles. The molecule has 0 saturated heterocycles. The number of aromatic amines is 1. The van der Waals surface area contributed by atoms with E-state index in [2.05, 4.69) is 10.3 Å². The number of nitriles is 1. The molecule has 0 radical (unpaired) electrons. The van der Waals surface area contributed by atoms with Gasteiger partial charge >= 0.3 is 5.97 Å². The topological polar surface area (TPSA) is 112 Å². The van der Waals surface area contributed by atoms with E-state index in [1.165, 1.54) is 18.3 Å². The Morgan fingerprint density at radius 1 is 1.41 bits per heavy atom. The summed E-state index contributed by atoms with van der Waals surface area (Å²) >= 11 is 1.53. The van der Waals surface area contributed by atoms with Crippen LogP contribution in [0.4, 0.5) is 0 Å². The zero-order valence-corrected chi connectivity index (χ0v) is 16.2. The lowest BCUT2D eigenvalue weighted by molar-refractivity contribution is -0.154. The van der Waals surface area contributed by atoms with Crippen molar-refractivity contribution in [2.75, 3.05) is 0 Å². The minimum Gasteiger partial charge on any atom is -0.453 e. The van der Waals surface area contributed by atoms with Crippen molar-refractivity contribution in [3.63, 3.8) is 0 Å². The van der Waals surface area contributed by atoms with Crippen LogP contribution in [-0.4, -0.2) is 23.0 Å². The van der Waals surface area contributed by atoms with Gasteiger partial charge in [-0.3, -0.25) is 14.4 Å². The maximum Gasteiger partial charge on any atom is 0.306 e. The zero-order valence-electron chi connectivity index (χ0n) is 15.4. The molecule has 1 unspecified atom stereocenters. The van der Waals surface area contributed by atoms with Crippen LogP contribution in [0.2, 0.25) is 0 Å². The van der Waals surface area contributed by atoms with E-state index in [0.717, 1.165) is 10.4 Å². The lowest BCUT2D eigenvalue weighted by Crippen LogP contribution is -2.35. The van der Waals surface area contributed by atoms with Gasteiger partial charge in [-0.05, 0) is 49.8 Å². The standard InChI is InChI=1S/C19H21N3O4S/c1-11-15(12(2)22-19(25)16(11)9-20)6-7-17(23)26-13(3)18(24)21-10-14-5-4-8-27-14/h4-5,8,13H,6-7,10H2,1-3H3,(H,21,24)(H,22,25). The molecule has 0 fully saturated rings. The van der Waals surface area contributed by atoms with Crippen LogP contribution in [0.25, 0.3) is 0 Å². The van der Waals surface area contributed by atoms with Gasteiger partial charge in [-0.25, -0.2) is 0 Å². The van der Waals surface area contributed by atoms with Crippen molar-refractivity contribution in [2.45, 2.75) is 46.3 Å². The fraction of sp³-hybridized carbons (Fsp3) is 0.368. The Balaban J connectivity index is 1.90. The summed E-state index contributed by atoms with van der Waals surface area (Å²) in [5.41, 5.74) is 1.53. The van der Waals surface area contributed by atoms with Crippen LogP contribution in [0.15, 0.2) is 22.3 Å². The Kier molecular flexibility index (Phi) is 6.91. The first-order chi connectivity index (χ1) is 12.8. The Labute approximate surface area is 161 Å². The number of nitrogens with zero attached hydrogens (tertiary/aromatic N) is 1. The van der Waals surface area contributed by atoms with E-state index in [9.17, 15) is 14.4 Å². The zero-order chi connectivity index (χ0) is 20.0. The van der Waals surface area contributed by atoms with Gasteiger partial charge in [0, 0.05) is 17.0 Å². The summed E-state index contributed by atoms with van der Waals surface area (Å²) in [4.78, 5) is 39.5. The number of rotatable bonds is 7. The monoisotopic (exact) mass is 387 g/mol. The summed E-state index contributed by atoms with van der Waals surface area (Å²) in [6.45, 7) is 5.32. The number of carbonyl (C=O) groups excluding carboxylic acids is 2. The molecular weight excluding hydrogens is 366 g/mol. The van der Waals surface area contributed by atoms with E-state index in [-0.39, 0.29) is 17.9 Å². The van der Waals surface area contributed by atoms with Gasteiger partial charge in [0.1, 0.15) is 11.6 Å². The first kappa shape index (κ1) is 20.4. The molecule has 2 aromatic heterocycles. The van der Waals surface area contributed by atoms with E-state index >= 15 is 0 Å². The molecule has 142 valence electrons. The lowest BCUT2D eigenvalue weighted by Gasteiger charge is -2.14. The van der Waals surface area contributed by atoms with Crippen molar-refractivity contribution in [2.24, 2.45) is 0 Å². The minimum atomic E-state index is -0.898. The summed E-state index contributed by atoms with van der Waals surface area (Å²) in [5.74, 6) is -0.878. The van der Waals surface area contributed by atoms with E-state index in [4.69, 9.17) is 10.00 Å². The summed E-state index contributed by atoms with van der Waals surface area (Å²) in [7, 11) is 0. The quantitative estimate of drug-likeness (QED) is 0.707. The van der Waals surface area contributed by atoms with Gasteiger partial charge in [0.05, 0.1) is 6.54 Å². The van der Waals surface area contributed by atoms with E-state index in [1.54, 1.807) is 13.8 Å². The summed E-state index contributed by atoms with van der Waals surface area (Å²) in [6.07, 6.45) is -0.544. The van der Waals surface area contributed by atoms with Crippen LogP contribution in [0.1, 0.15) is 40.6 Å². The van der Waals surface area contributed by atoms with Gasteiger partial charge in [-0.1, -0.05) is 6.07 Å². The van der Waals surface area contributed by atoms with Crippen molar-refractivity contribution in [1.82, 2.24) is 10.3 Å². The normalized spacial score (nSPS) is 11.5. The first-order valence-electron chi connectivity index (χ1n) is 8.45. The molecule has 2 N–H and O–H groups in total. The van der Waals surface area contributed by atoms with Gasteiger partial charge in [-0.15, -0.1) is 11.3 Å². The van der Waals surface area contributed by atoms with Crippen LogP contribution in [0.3, 0.4) is 0 Å². The number of thiophene rings is 1. The number of aryl methyl sites for hydroxylation is 1. The highest BCUT2D eigenvalue weighted by Crippen LogP contribution is 2.15. The molecule has 0 aliphatic heterocycles. The van der Waals surface area contributed by atoms with Crippen molar-refractivity contribution in [3.8, 4) is 6.07 Å². The number of hydrogen-bond donors (Lipinski definition) is 2. The van der Waals surface area contributed by atoms with E-state index in [0.29, 0.717) is 24.2 Å². The van der Waals surface area contributed by atoms with Gasteiger partial charge in [0.2, 0.25) is 0 Å². The van der Waals surface area contributed by atoms with Crippen molar-refractivity contribution < 1.29 is 14.3 Å². The van der Waals surface area contributed by atoms with Crippen LogP contribution < -0.4 is 10.9 Å². The fourth-order valence-corrected chi connectivity index (χ4v) is 3.33. The molecule has 0 aliphatic rings. The summed E-state index contributed by atoms with van der Waals surface area (Å²) < 4.78 is 5.18. The summed E-state index contributed by atoms with van der Waals surface area (Å²) in [5, 5.41) is 13.7. The fourth-order valence-electron chi connectivity index (χ4n) is 2.69. The number of amides is 1. The molecule has 8 heteroatoms. The third-order valence-corrected chi connectivity index (χ3v) is 5.07. The SMILES string of the molecule is Cc1[nH]c(=O)c(C#N)c(C)c1CCC(=O)OC(C)C(=O)NCc1cccs1. The van der Waals surface area contributed by atoms with Crippen molar-refractivity contribution >= 4 is 23.2 Å². The highest BCUT2D eigenvalue weighted by Gasteiger charge is 2.19. The van der Waals surface area contributed by atoms with Gasteiger partial charge in [-0.2, -0.15) is 5.26 Å². The predicted molar refractivity (Wildman–Crippen MR) is 101 cm³/mol. The number of hydrogen-bond acceptors (Lipinski definition) is 6. The Bertz CT molecular complexity index is 926. The average molecular weight is 387 g/mol. The third-order valence-electron chi connectivity index (χ3n) is 4.19. The number of carbonyl (C=O) groups is 2. The van der Waals surface area contributed by atoms with Crippen molar-refractivity contribution in [3.05, 3.63) is 55.1 Å². The molecule has 2 aromatic rings. The third kappa shape index (κ3) is 5.28. The predicted octanol–water partition coefficient (Wildman–Crippen LogP) is 2.11. The number of pyridine rings is 1. The van der Waals surface area contributed by atoms with Gasteiger partial charge < -0.3 is 15.0 Å². The molecule has 0 aliphatic carbocycles. The molecule has 0 spiro atoms. The molecule has 0 aromatic carbocycles. The minimum absolute atomic E-state index is 0.0428. The molecule has 2 rings (SSSR count). The van der Waals surface area contributed by atoms with Crippen LogP contribution in [-0.2, 0) is 27.3 Å². The summed E-state index contributed by atoms with van der Waals surface area (Å²) in [6, 6.07) is 5.69.